The van der Waals surface area contributed by atoms with Crippen molar-refractivity contribution in [2.75, 3.05) is 0 Å². The number of halogens is 1. The first-order chi connectivity index (χ1) is 9.94. The SMILES string of the molecule is Cc1cc(C)c2c(c1)Sc1cc(C)cc(C)c1OP(Cl)O2. The predicted octanol–water partition coefficient (Wildman–Crippen LogP) is 6.31. The molecule has 5 heteroatoms. The lowest BCUT2D eigenvalue weighted by molar-refractivity contribution is 0.487. The van der Waals surface area contributed by atoms with Gasteiger partial charge in [-0.2, -0.15) is 0 Å². The Bertz CT molecular complexity index is 658. The van der Waals surface area contributed by atoms with Gasteiger partial charge in [0.05, 0.1) is 9.79 Å². The van der Waals surface area contributed by atoms with Crippen LogP contribution in [0.2, 0.25) is 0 Å². The average molecular weight is 339 g/mol. The summed E-state index contributed by atoms with van der Waals surface area (Å²) >= 11 is 7.96. The maximum Gasteiger partial charge on any atom is 0.401 e. The molecule has 3 rings (SSSR count). The maximum absolute atomic E-state index is 6.28. The Hall–Kier alpha value is -0.890. The van der Waals surface area contributed by atoms with Gasteiger partial charge < -0.3 is 9.05 Å². The van der Waals surface area contributed by atoms with Gasteiger partial charge in [-0.1, -0.05) is 23.9 Å². The molecular weight excluding hydrogens is 323 g/mol. The molecule has 2 aromatic carbocycles. The normalized spacial score (nSPS) is 14.3. The molecule has 0 spiro atoms. The Kier molecular flexibility index (Phi) is 4.09. The van der Waals surface area contributed by atoms with Crippen LogP contribution < -0.4 is 9.05 Å². The van der Waals surface area contributed by atoms with Crippen molar-refractivity contribution in [3.8, 4) is 11.5 Å². The molecule has 0 saturated carbocycles. The van der Waals surface area contributed by atoms with E-state index in [0.717, 1.165) is 32.4 Å². The Morgan fingerprint density at radius 1 is 0.810 bits per heavy atom. The lowest BCUT2D eigenvalue weighted by Gasteiger charge is -2.23. The standard InChI is InChI=1S/C16H16ClO2PS/c1-9-5-11(3)15-13(7-9)21-14-8-10(2)6-12(4)16(14)19-20(17)18-15/h5-8H,1-4H3. The van der Waals surface area contributed by atoms with Crippen LogP contribution in [0.5, 0.6) is 11.5 Å². The molecule has 2 nitrogen and oxygen atoms in total. The van der Waals surface area contributed by atoms with Gasteiger partial charge in [-0.3, -0.25) is 0 Å². The van der Waals surface area contributed by atoms with E-state index in [1.165, 1.54) is 11.1 Å². The van der Waals surface area contributed by atoms with Crippen molar-refractivity contribution < 1.29 is 9.05 Å². The second kappa shape index (κ2) is 5.72. The highest BCUT2D eigenvalue weighted by atomic mass is 35.7. The minimum atomic E-state index is -1.50. The van der Waals surface area contributed by atoms with E-state index in [-0.39, 0.29) is 0 Å². The van der Waals surface area contributed by atoms with Crippen LogP contribution in [0.25, 0.3) is 0 Å². The summed E-state index contributed by atoms with van der Waals surface area (Å²) in [6.07, 6.45) is 0. The average Bonchev–Trinajstić information content (AvgIpc) is 2.36. The molecule has 0 radical (unpaired) electrons. The number of aryl methyl sites for hydroxylation is 4. The summed E-state index contributed by atoms with van der Waals surface area (Å²) in [6, 6.07) is 8.48. The molecule has 0 unspecified atom stereocenters. The summed E-state index contributed by atoms with van der Waals surface area (Å²) in [5.41, 5.74) is 4.60. The van der Waals surface area contributed by atoms with Crippen molar-refractivity contribution in [1.29, 1.82) is 0 Å². The Morgan fingerprint density at radius 3 is 1.67 bits per heavy atom. The van der Waals surface area contributed by atoms with Crippen LogP contribution in [-0.2, 0) is 0 Å². The molecule has 0 amide bonds. The summed E-state index contributed by atoms with van der Waals surface area (Å²) in [5, 5.41) is 0. The molecule has 1 aliphatic rings. The molecule has 0 fully saturated rings. The van der Waals surface area contributed by atoms with Crippen molar-refractivity contribution in [3.05, 3.63) is 46.5 Å². The van der Waals surface area contributed by atoms with E-state index >= 15 is 0 Å². The van der Waals surface area contributed by atoms with E-state index in [4.69, 9.17) is 20.3 Å². The Balaban J connectivity index is 2.19. The zero-order valence-electron chi connectivity index (χ0n) is 12.4. The summed E-state index contributed by atoms with van der Waals surface area (Å²) in [4.78, 5) is 2.19. The first-order valence-electron chi connectivity index (χ1n) is 6.66. The van der Waals surface area contributed by atoms with Crippen LogP contribution in [0.15, 0.2) is 34.1 Å². The number of hydrogen-bond donors (Lipinski definition) is 0. The molecule has 2 aromatic rings. The van der Waals surface area contributed by atoms with E-state index in [2.05, 4.69) is 38.1 Å². The second-order valence-electron chi connectivity index (χ2n) is 5.32. The van der Waals surface area contributed by atoms with Gasteiger partial charge in [0.2, 0.25) is 0 Å². The monoisotopic (exact) mass is 338 g/mol. The third-order valence-electron chi connectivity index (χ3n) is 3.32. The molecule has 0 aromatic heterocycles. The Labute approximate surface area is 135 Å². The number of rotatable bonds is 0. The van der Waals surface area contributed by atoms with E-state index in [1.54, 1.807) is 11.8 Å². The molecule has 0 atom stereocenters. The van der Waals surface area contributed by atoms with Gasteiger partial charge in [-0.15, -0.1) is 0 Å². The molecule has 0 bridgehead atoms. The van der Waals surface area contributed by atoms with Crippen LogP contribution in [0, 0.1) is 27.7 Å². The van der Waals surface area contributed by atoms with Crippen LogP contribution in [0.1, 0.15) is 22.3 Å². The van der Waals surface area contributed by atoms with E-state index < -0.39 is 7.73 Å². The third kappa shape index (κ3) is 3.01. The highest BCUT2D eigenvalue weighted by Gasteiger charge is 2.24. The number of hydrogen-bond acceptors (Lipinski definition) is 3. The zero-order chi connectivity index (χ0) is 15.1. The number of benzene rings is 2. The minimum Gasteiger partial charge on any atom is -0.426 e. The van der Waals surface area contributed by atoms with E-state index in [9.17, 15) is 0 Å². The van der Waals surface area contributed by atoms with Crippen molar-refractivity contribution in [1.82, 2.24) is 0 Å². The summed E-state index contributed by atoms with van der Waals surface area (Å²) in [7, 11) is -1.50. The molecule has 1 aliphatic heterocycles. The van der Waals surface area contributed by atoms with Gasteiger partial charge in [-0.25, -0.2) is 0 Å². The zero-order valence-corrected chi connectivity index (χ0v) is 14.8. The van der Waals surface area contributed by atoms with Crippen molar-refractivity contribution in [2.45, 2.75) is 37.5 Å². The highest BCUT2D eigenvalue weighted by Crippen LogP contribution is 2.55. The lowest BCUT2D eigenvalue weighted by Crippen LogP contribution is -2.00. The minimum absolute atomic E-state index is 0.830. The van der Waals surface area contributed by atoms with Crippen molar-refractivity contribution >= 4 is 30.7 Å². The highest BCUT2D eigenvalue weighted by molar-refractivity contribution is 7.99. The molecule has 1 heterocycles. The third-order valence-corrected chi connectivity index (χ3v) is 5.43. The molecule has 0 saturated heterocycles. The quantitative estimate of drug-likeness (QED) is 0.524. The number of fused-ring (bicyclic) bond motifs is 2. The topological polar surface area (TPSA) is 18.5 Å². The molecule has 21 heavy (non-hydrogen) atoms. The van der Waals surface area contributed by atoms with Gasteiger partial charge >= 0.3 is 7.73 Å². The molecule has 0 N–H and O–H groups in total. The Morgan fingerprint density at radius 2 is 1.24 bits per heavy atom. The summed E-state index contributed by atoms with van der Waals surface area (Å²) < 4.78 is 11.7. The largest absolute Gasteiger partial charge is 0.426 e. The van der Waals surface area contributed by atoms with Gasteiger partial charge in [0, 0.05) is 0 Å². The van der Waals surface area contributed by atoms with Crippen molar-refractivity contribution in [3.63, 3.8) is 0 Å². The summed E-state index contributed by atoms with van der Waals surface area (Å²) in [5.74, 6) is 1.66. The van der Waals surface area contributed by atoms with E-state index in [1.807, 2.05) is 13.8 Å². The fourth-order valence-corrected chi connectivity index (χ4v) is 5.16. The first kappa shape index (κ1) is 15.0. The fourth-order valence-electron chi connectivity index (χ4n) is 2.50. The van der Waals surface area contributed by atoms with Crippen LogP contribution in [-0.4, -0.2) is 0 Å². The second-order valence-corrected chi connectivity index (χ2v) is 8.02. The van der Waals surface area contributed by atoms with Crippen LogP contribution >= 0.6 is 30.7 Å². The first-order valence-corrected chi connectivity index (χ1v) is 9.56. The molecule has 0 aliphatic carbocycles. The summed E-state index contributed by atoms with van der Waals surface area (Å²) in [6.45, 7) is 8.26. The van der Waals surface area contributed by atoms with Gasteiger partial charge in [0.25, 0.3) is 0 Å². The van der Waals surface area contributed by atoms with Gasteiger partial charge in [0.1, 0.15) is 11.5 Å². The van der Waals surface area contributed by atoms with E-state index in [0.29, 0.717) is 0 Å². The maximum atomic E-state index is 6.28. The van der Waals surface area contributed by atoms with Crippen LogP contribution in [0.3, 0.4) is 0 Å². The smallest absolute Gasteiger partial charge is 0.401 e. The molecule has 110 valence electrons. The predicted molar refractivity (Wildman–Crippen MR) is 90.0 cm³/mol. The molecular formula is C16H16ClO2PS. The van der Waals surface area contributed by atoms with Gasteiger partial charge in [-0.05, 0) is 73.3 Å². The lowest BCUT2D eigenvalue weighted by atomic mass is 10.1. The van der Waals surface area contributed by atoms with Gasteiger partial charge in [0.15, 0.2) is 0 Å². The fraction of sp³-hybridized carbons (Fsp3) is 0.250. The van der Waals surface area contributed by atoms with Crippen LogP contribution in [0.4, 0.5) is 0 Å². The van der Waals surface area contributed by atoms with Crippen molar-refractivity contribution in [2.24, 2.45) is 0 Å².